The van der Waals surface area contributed by atoms with Gasteiger partial charge in [0, 0.05) is 20.1 Å². The fourth-order valence-corrected chi connectivity index (χ4v) is 5.02. The van der Waals surface area contributed by atoms with Crippen LogP contribution in [0.1, 0.15) is 40.4 Å². The quantitative estimate of drug-likeness (QED) is 0.897. The number of carbonyl (C=O) groups is 1. The van der Waals surface area contributed by atoms with Gasteiger partial charge in [0.1, 0.15) is 0 Å². The average Bonchev–Trinajstić information content (AvgIpc) is 2.94. The van der Waals surface area contributed by atoms with Crippen LogP contribution in [0.25, 0.3) is 0 Å². The van der Waals surface area contributed by atoms with E-state index in [9.17, 15) is 13.2 Å². The molecule has 8 heteroatoms. The van der Waals surface area contributed by atoms with Crippen LogP contribution in [-0.4, -0.2) is 46.7 Å². The Balaban J connectivity index is 1.87. The van der Waals surface area contributed by atoms with Crippen LogP contribution in [0.2, 0.25) is 0 Å². The Morgan fingerprint density at radius 1 is 1.32 bits per heavy atom. The summed E-state index contributed by atoms with van der Waals surface area (Å²) in [5.74, 6) is -0.996. The number of benzene rings is 1. The van der Waals surface area contributed by atoms with Crippen molar-refractivity contribution in [2.75, 3.05) is 13.1 Å². The third-order valence-electron chi connectivity index (χ3n) is 4.55. The van der Waals surface area contributed by atoms with Crippen molar-refractivity contribution in [2.24, 2.45) is 7.05 Å². The Morgan fingerprint density at radius 3 is 2.72 bits per heavy atom. The van der Waals surface area contributed by atoms with Crippen molar-refractivity contribution in [2.45, 2.75) is 30.7 Å². The first-order valence-electron chi connectivity index (χ1n) is 8.13. The molecule has 7 nitrogen and oxygen atoms in total. The van der Waals surface area contributed by atoms with Gasteiger partial charge < -0.3 is 5.11 Å². The maximum Gasteiger partial charge on any atom is 0.335 e. The second-order valence-corrected chi connectivity index (χ2v) is 8.27. The number of rotatable bonds is 4. The molecule has 0 amide bonds. The molecule has 1 aliphatic rings. The Kier molecular flexibility index (Phi) is 4.66. The van der Waals surface area contributed by atoms with Crippen molar-refractivity contribution in [3.8, 4) is 0 Å². The molecule has 2 heterocycles. The van der Waals surface area contributed by atoms with Gasteiger partial charge in [-0.1, -0.05) is 12.1 Å². The van der Waals surface area contributed by atoms with Crippen molar-refractivity contribution in [3.05, 3.63) is 47.2 Å². The molecule has 0 bridgehead atoms. The van der Waals surface area contributed by atoms with Crippen LogP contribution in [0, 0.1) is 6.92 Å². The van der Waals surface area contributed by atoms with Crippen LogP contribution < -0.4 is 0 Å². The molecule has 0 radical (unpaired) electrons. The van der Waals surface area contributed by atoms with Gasteiger partial charge in [-0.2, -0.15) is 9.40 Å². The SMILES string of the molecule is Cc1cc(S(=O)(=O)N2CCC[C@H](c3cccc(C(=O)O)c3)C2)n(C)n1. The molecule has 1 fully saturated rings. The van der Waals surface area contributed by atoms with Crippen LogP contribution in [0.3, 0.4) is 0 Å². The highest BCUT2D eigenvalue weighted by molar-refractivity contribution is 7.89. The maximum absolute atomic E-state index is 12.9. The number of aromatic nitrogens is 2. The number of carboxylic acid groups (broad SMARTS) is 1. The third kappa shape index (κ3) is 3.45. The first-order chi connectivity index (χ1) is 11.8. The monoisotopic (exact) mass is 363 g/mol. The number of hydrogen-bond donors (Lipinski definition) is 1. The van der Waals surface area contributed by atoms with Gasteiger partial charge in [-0.15, -0.1) is 0 Å². The highest BCUT2D eigenvalue weighted by atomic mass is 32.2. The molecule has 0 saturated carbocycles. The molecule has 1 N–H and O–H groups in total. The van der Waals surface area contributed by atoms with Crippen LogP contribution in [0.5, 0.6) is 0 Å². The van der Waals surface area contributed by atoms with Crippen molar-refractivity contribution < 1.29 is 18.3 Å². The van der Waals surface area contributed by atoms with Crippen molar-refractivity contribution in [3.63, 3.8) is 0 Å². The van der Waals surface area contributed by atoms with Gasteiger partial charge in [0.25, 0.3) is 10.0 Å². The minimum Gasteiger partial charge on any atom is -0.478 e. The Bertz CT molecular complexity index is 904. The van der Waals surface area contributed by atoms with Gasteiger partial charge in [-0.25, -0.2) is 13.2 Å². The van der Waals surface area contributed by atoms with Crippen molar-refractivity contribution in [1.82, 2.24) is 14.1 Å². The highest BCUT2D eigenvalue weighted by Crippen LogP contribution is 2.30. The number of nitrogens with zero attached hydrogens (tertiary/aromatic N) is 3. The molecule has 25 heavy (non-hydrogen) atoms. The van der Waals surface area contributed by atoms with Gasteiger partial charge in [0.2, 0.25) is 0 Å². The summed E-state index contributed by atoms with van der Waals surface area (Å²) in [5.41, 5.74) is 1.74. The minimum absolute atomic E-state index is 0.0165. The molecule has 1 saturated heterocycles. The van der Waals surface area contributed by atoms with E-state index in [-0.39, 0.29) is 16.5 Å². The summed E-state index contributed by atoms with van der Waals surface area (Å²) in [6.07, 6.45) is 1.57. The van der Waals surface area contributed by atoms with E-state index < -0.39 is 16.0 Å². The van der Waals surface area contributed by atoms with E-state index in [0.717, 1.165) is 18.4 Å². The zero-order valence-corrected chi connectivity index (χ0v) is 15.0. The van der Waals surface area contributed by atoms with Crippen LogP contribution in [0.15, 0.2) is 35.4 Å². The molecular weight excluding hydrogens is 342 g/mol. The predicted molar refractivity (Wildman–Crippen MR) is 92.1 cm³/mol. The minimum atomic E-state index is -3.62. The van der Waals surface area contributed by atoms with Crippen molar-refractivity contribution in [1.29, 1.82) is 0 Å². The largest absolute Gasteiger partial charge is 0.478 e. The molecule has 1 atom stereocenters. The lowest BCUT2D eigenvalue weighted by atomic mass is 9.91. The molecule has 1 aromatic carbocycles. The lowest BCUT2D eigenvalue weighted by Gasteiger charge is -2.32. The molecular formula is C17H21N3O4S. The zero-order chi connectivity index (χ0) is 18.2. The fourth-order valence-electron chi connectivity index (χ4n) is 3.32. The van der Waals surface area contributed by atoms with Gasteiger partial charge >= 0.3 is 5.97 Å². The van der Waals surface area contributed by atoms with E-state index in [1.807, 2.05) is 6.07 Å². The first kappa shape index (κ1) is 17.6. The predicted octanol–water partition coefficient (Wildman–Crippen LogP) is 2.00. The lowest BCUT2D eigenvalue weighted by Crippen LogP contribution is -2.39. The average molecular weight is 363 g/mol. The lowest BCUT2D eigenvalue weighted by molar-refractivity contribution is 0.0696. The van der Waals surface area contributed by atoms with E-state index in [1.54, 1.807) is 38.2 Å². The van der Waals surface area contributed by atoms with Crippen LogP contribution in [-0.2, 0) is 17.1 Å². The number of sulfonamides is 1. The number of piperidine rings is 1. The number of aryl methyl sites for hydroxylation is 2. The Hall–Kier alpha value is -2.19. The second kappa shape index (κ2) is 6.61. The van der Waals surface area contributed by atoms with E-state index in [4.69, 9.17) is 5.11 Å². The van der Waals surface area contributed by atoms with Crippen LogP contribution >= 0.6 is 0 Å². The molecule has 3 rings (SSSR count). The van der Waals surface area contributed by atoms with E-state index in [0.29, 0.717) is 18.8 Å². The molecule has 0 spiro atoms. The summed E-state index contributed by atoms with van der Waals surface area (Å²) in [4.78, 5) is 11.2. The van der Waals surface area contributed by atoms with Crippen LogP contribution in [0.4, 0.5) is 0 Å². The van der Waals surface area contributed by atoms with E-state index >= 15 is 0 Å². The Labute approximate surface area is 146 Å². The van der Waals surface area contributed by atoms with E-state index in [1.165, 1.54) is 8.99 Å². The van der Waals surface area contributed by atoms with E-state index in [2.05, 4.69) is 5.10 Å². The summed E-state index contributed by atoms with van der Waals surface area (Å²) in [6, 6.07) is 8.32. The number of aromatic carboxylic acids is 1. The third-order valence-corrected chi connectivity index (χ3v) is 6.47. The standard InChI is InChI=1S/C17H21N3O4S/c1-12-9-16(19(2)18-12)25(23,24)20-8-4-7-15(11-20)13-5-3-6-14(10-13)17(21)22/h3,5-6,9-10,15H,4,7-8,11H2,1-2H3,(H,21,22)/t15-/m0/s1. The molecule has 2 aromatic rings. The summed E-state index contributed by atoms with van der Waals surface area (Å²) < 4.78 is 28.8. The summed E-state index contributed by atoms with van der Waals surface area (Å²) >= 11 is 0. The Morgan fingerprint density at radius 2 is 2.08 bits per heavy atom. The summed E-state index contributed by atoms with van der Waals surface area (Å²) in [5, 5.41) is 13.5. The fraction of sp³-hybridized carbons (Fsp3) is 0.412. The molecule has 134 valence electrons. The zero-order valence-electron chi connectivity index (χ0n) is 14.2. The molecule has 1 aliphatic heterocycles. The normalized spacial score (nSPS) is 19.0. The first-order valence-corrected chi connectivity index (χ1v) is 9.57. The highest BCUT2D eigenvalue weighted by Gasteiger charge is 2.33. The van der Waals surface area contributed by atoms with Gasteiger partial charge in [0.05, 0.1) is 11.3 Å². The number of hydrogen-bond acceptors (Lipinski definition) is 4. The maximum atomic E-state index is 12.9. The van der Waals surface area contributed by atoms with Gasteiger partial charge in [-0.3, -0.25) is 4.68 Å². The smallest absolute Gasteiger partial charge is 0.335 e. The summed E-state index contributed by atoms with van der Waals surface area (Å²) in [7, 11) is -2.00. The molecule has 0 aliphatic carbocycles. The second-order valence-electron chi connectivity index (χ2n) is 6.38. The molecule has 0 unspecified atom stereocenters. The topological polar surface area (TPSA) is 92.5 Å². The van der Waals surface area contributed by atoms with Crippen molar-refractivity contribution >= 4 is 16.0 Å². The summed E-state index contributed by atoms with van der Waals surface area (Å²) in [6.45, 7) is 2.56. The van der Waals surface area contributed by atoms with Gasteiger partial charge in [0.15, 0.2) is 5.03 Å². The van der Waals surface area contributed by atoms with Gasteiger partial charge in [-0.05, 0) is 49.4 Å². The number of carboxylic acids is 1. The molecule has 1 aromatic heterocycles.